The highest BCUT2D eigenvalue weighted by Gasteiger charge is 2.10. The second-order valence-corrected chi connectivity index (χ2v) is 4.27. The Balaban J connectivity index is 2.51. The summed E-state index contributed by atoms with van der Waals surface area (Å²) in [4.78, 5) is 32.9. The van der Waals surface area contributed by atoms with Crippen molar-refractivity contribution in [1.29, 1.82) is 0 Å². The molecule has 3 amide bonds. The minimum atomic E-state index is -1.26. The molecule has 0 aliphatic rings. The van der Waals surface area contributed by atoms with Gasteiger partial charge in [-0.1, -0.05) is 29.8 Å². The van der Waals surface area contributed by atoms with Crippen molar-refractivity contribution in [3.05, 3.63) is 47.5 Å². The molecule has 0 saturated carbocycles. The van der Waals surface area contributed by atoms with Crippen LogP contribution in [-0.4, -0.2) is 23.0 Å². The lowest BCUT2D eigenvalue weighted by atomic mass is 10.1. The van der Waals surface area contributed by atoms with E-state index in [0.717, 1.165) is 17.2 Å². The number of aliphatic carboxylic acids is 1. The van der Waals surface area contributed by atoms with E-state index in [0.29, 0.717) is 6.08 Å². The molecular formula is C14H16N2O4. The van der Waals surface area contributed by atoms with Gasteiger partial charge in [0.1, 0.15) is 0 Å². The van der Waals surface area contributed by atoms with Crippen LogP contribution in [0.5, 0.6) is 0 Å². The SMILES string of the molecule is Cc1ccc(C(C)NC(=O)NC(=O)C=CC(=O)O)cc1. The van der Waals surface area contributed by atoms with Crippen molar-refractivity contribution in [1.82, 2.24) is 10.6 Å². The van der Waals surface area contributed by atoms with Gasteiger partial charge in [-0.3, -0.25) is 10.1 Å². The third-order valence-electron chi connectivity index (χ3n) is 2.54. The van der Waals surface area contributed by atoms with E-state index in [1.165, 1.54) is 0 Å². The first-order chi connectivity index (χ1) is 9.38. The number of amides is 3. The molecule has 1 aromatic rings. The maximum absolute atomic E-state index is 11.5. The van der Waals surface area contributed by atoms with Crippen LogP contribution in [0.4, 0.5) is 4.79 Å². The van der Waals surface area contributed by atoms with Gasteiger partial charge < -0.3 is 10.4 Å². The molecule has 0 spiro atoms. The monoisotopic (exact) mass is 276 g/mol. The molecular weight excluding hydrogens is 260 g/mol. The van der Waals surface area contributed by atoms with Crippen LogP contribution in [-0.2, 0) is 9.59 Å². The zero-order valence-electron chi connectivity index (χ0n) is 11.2. The van der Waals surface area contributed by atoms with E-state index in [4.69, 9.17) is 5.11 Å². The molecule has 0 aromatic heterocycles. The Hall–Kier alpha value is -2.63. The molecule has 0 bridgehead atoms. The first-order valence-electron chi connectivity index (χ1n) is 5.97. The van der Waals surface area contributed by atoms with Gasteiger partial charge in [0.15, 0.2) is 0 Å². The maximum atomic E-state index is 11.5. The summed E-state index contributed by atoms with van der Waals surface area (Å²) < 4.78 is 0. The van der Waals surface area contributed by atoms with Gasteiger partial charge in [0.2, 0.25) is 0 Å². The quantitative estimate of drug-likeness (QED) is 0.726. The number of imide groups is 1. The third-order valence-corrected chi connectivity index (χ3v) is 2.54. The lowest BCUT2D eigenvalue weighted by Crippen LogP contribution is -2.39. The lowest BCUT2D eigenvalue weighted by Gasteiger charge is -2.14. The Morgan fingerprint density at radius 3 is 2.30 bits per heavy atom. The van der Waals surface area contributed by atoms with Crippen molar-refractivity contribution in [2.45, 2.75) is 19.9 Å². The molecule has 6 heteroatoms. The van der Waals surface area contributed by atoms with Gasteiger partial charge >= 0.3 is 12.0 Å². The van der Waals surface area contributed by atoms with Crippen molar-refractivity contribution in [2.24, 2.45) is 0 Å². The summed E-state index contributed by atoms with van der Waals surface area (Å²) in [5, 5.41) is 12.9. The van der Waals surface area contributed by atoms with Gasteiger partial charge in [-0.15, -0.1) is 0 Å². The second kappa shape index (κ2) is 7.08. The van der Waals surface area contributed by atoms with Gasteiger partial charge in [0.25, 0.3) is 5.91 Å². The number of carboxylic acid groups (broad SMARTS) is 1. The Kier molecular flexibility index (Phi) is 5.46. The van der Waals surface area contributed by atoms with Gasteiger partial charge in [0, 0.05) is 12.2 Å². The maximum Gasteiger partial charge on any atom is 0.328 e. The number of urea groups is 1. The average molecular weight is 276 g/mol. The minimum Gasteiger partial charge on any atom is -0.478 e. The van der Waals surface area contributed by atoms with Crippen LogP contribution in [0, 0.1) is 6.92 Å². The summed E-state index contributed by atoms with van der Waals surface area (Å²) in [5.74, 6) is -2.05. The molecule has 0 saturated heterocycles. The van der Waals surface area contributed by atoms with Crippen molar-refractivity contribution in [2.75, 3.05) is 0 Å². The fourth-order valence-corrected chi connectivity index (χ4v) is 1.47. The van der Waals surface area contributed by atoms with Gasteiger partial charge in [-0.25, -0.2) is 9.59 Å². The Labute approximate surface area is 116 Å². The summed E-state index contributed by atoms with van der Waals surface area (Å²) in [6.07, 6.45) is 1.43. The summed E-state index contributed by atoms with van der Waals surface area (Å²) in [6.45, 7) is 3.74. The molecule has 0 heterocycles. The Morgan fingerprint density at radius 2 is 1.75 bits per heavy atom. The van der Waals surface area contributed by atoms with Crippen molar-refractivity contribution in [3.8, 4) is 0 Å². The van der Waals surface area contributed by atoms with Gasteiger partial charge in [0.05, 0.1) is 6.04 Å². The third kappa shape index (κ3) is 5.34. The highest BCUT2D eigenvalue weighted by atomic mass is 16.4. The van der Waals surface area contributed by atoms with E-state index in [9.17, 15) is 14.4 Å². The Bertz CT molecular complexity index is 535. The van der Waals surface area contributed by atoms with E-state index in [1.54, 1.807) is 6.92 Å². The standard InChI is InChI=1S/C14H16N2O4/c1-9-3-5-11(6-4-9)10(2)15-14(20)16-12(17)7-8-13(18)19/h3-8,10H,1-2H3,(H,18,19)(H2,15,16,17,20). The Morgan fingerprint density at radius 1 is 1.15 bits per heavy atom. The number of carbonyl (C=O) groups is 3. The van der Waals surface area contributed by atoms with Crippen LogP contribution < -0.4 is 10.6 Å². The zero-order valence-corrected chi connectivity index (χ0v) is 11.2. The van der Waals surface area contributed by atoms with E-state index in [2.05, 4.69) is 5.32 Å². The molecule has 106 valence electrons. The molecule has 20 heavy (non-hydrogen) atoms. The molecule has 1 aromatic carbocycles. The lowest BCUT2D eigenvalue weighted by molar-refractivity contribution is -0.131. The van der Waals surface area contributed by atoms with E-state index >= 15 is 0 Å². The number of aryl methyl sites for hydroxylation is 1. The van der Waals surface area contributed by atoms with E-state index in [-0.39, 0.29) is 6.04 Å². The minimum absolute atomic E-state index is 0.271. The normalized spacial score (nSPS) is 11.9. The molecule has 3 N–H and O–H groups in total. The average Bonchev–Trinajstić information content (AvgIpc) is 2.36. The number of nitrogens with one attached hydrogen (secondary N) is 2. The number of carbonyl (C=O) groups excluding carboxylic acids is 2. The molecule has 6 nitrogen and oxygen atoms in total. The van der Waals surface area contributed by atoms with Gasteiger partial charge in [-0.05, 0) is 19.4 Å². The first-order valence-corrected chi connectivity index (χ1v) is 5.97. The molecule has 0 aliphatic carbocycles. The number of carboxylic acids is 1. The fourth-order valence-electron chi connectivity index (χ4n) is 1.47. The highest BCUT2D eigenvalue weighted by Crippen LogP contribution is 2.12. The topological polar surface area (TPSA) is 95.5 Å². The van der Waals surface area contributed by atoms with Crippen LogP contribution in [0.2, 0.25) is 0 Å². The highest BCUT2D eigenvalue weighted by molar-refractivity contribution is 6.02. The molecule has 0 fully saturated rings. The smallest absolute Gasteiger partial charge is 0.328 e. The van der Waals surface area contributed by atoms with Crippen molar-refractivity contribution >= 4 is 17.9 Å². The van der Waals surface area contributed by atoms with Crippen molar-refractivity contribution < 1.29 is 19.5 Å². The summed E-state index contributed by atoms with van der Waals surface area (Å²) in [5.41, 5.74) is 2.01. The predicted octanol–water partition coefficient (Wildman–Crippen LogP) is 1.52. The molecule has 1 unspecified atom stereocenters. The van der Waals surface area contributed by atoms with Crippen LogP contribution in [0.1, 0.15) is 24.1 Å². The summed E-state index contributed by atoms with van der Waals surface area (Å²) in [6, 6.07) is 6.65. The fraction of sp³-hybridized carbons (Fsp3) is 0.214. The summed E-state index contributed by atoms with van der Waals surface area (Å²) >= 11 is 0. The van der Waals surface area contributed by atoms with Crippen LogP contribution in [0.15, 0.2) is 36.4 Å². The number of hydrogen-bond donors (Lipinski definition) is 3. The number of hydrogen-bond acceptors (Lipinski definition) is 3. The number of rotatable bonds is 4. The number of benzene rings is 1. The van der Waals surface area contributed by atoms with Crippen LogP contribution in [0.3, 0.4) is 0 Å². The predicted molar refractivity (Wildman–Crippen MR) is 73.0 cm³/mol. The molecule has 0 radical (unpaired) electrons. The first kappa shape index (κ1) is 15.4. The molecule has 0 aliphatic heterocycles. The van der Waals surface area contributed by atoms with E-state index < -0.39 is 17.9 Å². The largest absolute Gasteiger partial charge is 0.478 e. The van der Waals surface area contributed by atoms with E-state index in [1.807, 2.05) is 36.5 Å². The van der Waals surface area contributed by atoms with Crippen LogP contribution in [0.25, 0.3) is 0 Å². The molecule has 1 rings (SSSR count). The zero-order chi connectivity index (χ0) is 15.1. The second-order valence-electron chi connectivity index (χ2n) is 4.27. The van der Waals surface area contributed by atoms with Crippen LogP contribution >= 0.6 is 0 Å². The van der Waals surface area contributed by atoms with Crippen molar-refractivity contribution in [3.63, 3.8) is 0 Å². The summed E-state index contributed by atoms with van der Waals surface area (Å²) in [7, 11) is 0. The van der Waals surface area contributed by atoms with Gasteiger partial charge in [-0.2, -0.15) is 0 Å². The molecule has 1 atom stereocenters.